The molecule has 0 bridgehead atoms. The number of amides is 2. The van der Waals surface area contributed by atoms with E-state index in [1.807, 2.05) is 4.90 Å². The van der Waals surface area contributed by atoms with Crippen molar-refractivity contribution < 1.29 is 9.59 Å². The van der Waals surface area contributed by atoms with Crippen molar-refractivity contribution in [1.29, 1.82) is 0 Å². The van der Waals surface area contributed by atoms with Crippen LogP contribution in [0.3, 0.4) is 0 Å². The van der Waals surface area contributed by atoms with Gasteiger partial charge in [0.15, 0.2) is 0 Å². The van der Waals surface area contributed by atoms with Crippen LogP contribution in [-0.4, -0.2) is 48.9 Å². The van der Waals surface area contributed by atoms with Gasteiger partial charge >= 0.3 is 0 Å². The first-order chi connectivity index (χ1) is 10.0. The van der Waals surface area contributed by atoms with Crippen LogP contribution in [0.4, 0.5) is 0 Å². The summed E-state index contributed by atoms with van der Waals surface area (Å²) in [6.45, 7) is 7.60. The van der Waals surface area contributed by atoms with Gasteiger partial charge in [-0.15, -0.1) is 0 Å². The van der Waals surface area contributed by atoms with Gasteiger partial charge in [0.05, 0.1) is 12.0 Å². The van der Waals surface area contributed by atoms with E-state index in [-0.39, 0.29) is 29.2 Å². The summed E-state index contributed by atoms with van der Waals surface area (Å²) in [5.74, 6) is 0.782. The van der Waals surface area contributed by atoms with E-state index < -0.39 is 0 Å². The van der Waals surface area contributed by atoms with Crippen LogP contribution in [0.2, 0.25) is 0 Å². The van der Waals surface area contributed by atoms with Gasteiger partial charge in [-0.2, -0.15) is 0 Å². The molecule has 0 aromatic rings. The quantitative estimate of drug-likeness (QED) is 0.790. The standard InChI is InChI=1S/C16H27N3O2/c1-16(2,11-5-3-7-17-9-11)15(21)19-8-4-6-12-13(19)10-18-14(12)20/h11-13,17H,3-10H2,1-2H3,(H,18,20). The molecule has 3 fully saturated rings. The first kappa shape index (κ1) is 14.8. The fourth-order valence-electron chi connectivity index (χ4n) is 4.22. The molecule has 0 aromatic heterocycles. The number of carbonyl (C=O) groups excluding carboxylic acids is 2. The number of nitrogens with one attached hydrogen (secondary N) is 2. The highest BCUT2D eigenvalue weighted by Crippen LogP contribution is 2.37. The fourth-order valence-corrected chi connectivity index (χ4v) is 4.22. The van der Waals surface area contributed by atoms with Gasteiger partial charge in [0.25, 0.3) is 0 Å². The van der Waals surface area contributed by atoms with Crippen molar-refractivity contribution in [2.24, 2.45) is 17.3 Å². The molecule has 21 heavy (non-hydrogen) atoms. The minimum atomic E-state index is -0.346. The maximum atomic E-state index is 13.1. The van der Waals surface area contributed by atoms with E-state index in [9.17, 15) is 9.59 Å². The third-order valence-electron chi connectivity index (χ3n) is 5.73. The van der Waals surface area contributed by atoms with Gasteiger partial charge in [-0.05, 0) is 44.7 Å². The van der Waals surface area contributed by atoms with E-state index in [0.29, 0.717) is 12.5 Å². The molecule has 2 N–H and O–H groups in total. The lowest BCUT2D eigenvalue weighted by Gasteiger charge is -2.44. The Labute approximate surface area is 126 Å². The van der Waals surface area contributed by atoms with Crippen molar-refractivity contribution in [2.45, 2.75) is 45.6 Å². The smallest absolute Gasteiger partial charge is 0.228 e. The number of piperidine rings is 2. The average molecular weight is 293 g/mol. The van der Waals surface area contributed by atoms with Crippen molar-refractivity contribution in [1.82, 2.24) is 15.5 Å². The molecule has 3 unspecified atom stereocenters. The van der Waals surface area contributed by atoms with Gasteiger partial charge in [0, 0.05) is 18.5 Å². The molecule has 118 valence electrons. The first-order valence-electron chi connectivity index (χ1n) is 8.31. The van der Waals surface area contributed by atoms with Crippen LogP contribution in [0.1, 0.15) is 39.5 Å². The normalized spacial score (nSPS) is 33.5. The van der Waals surface area contributed by atoms with Crippen LogP contribution < -0.4 is 10.6 Å². The van der Waals surface area contributed by atoms with E-state index in [0.717, 1.165) is 45.3 Å². The number of carbonyl (C=O) groups is 2. The second-order valence-electron chi connectivity index (χ2n) is 7.32. The summed E-state index contributed by atoms with van der Waals surface area (Å²) in [6, 6.07) is 0.0783. The monoisotopic (exact) mass is 293 g/mol. The lowest BCUT2D eigenvalue weighted by atomic mass is 9.73. The van der Waals surface area contributed by atoms with Gasteiger partial charge in [0.1, 0.15) is 0 Å². The Bertz CT molecular complexity index is 429. The van der Waals surface area contributed by atoms with Crippen LogP contribution in [-0.2, 0) is 9.59 Å². The SMILES string of the molecule is CC(C)(C(=O)N1CCCC2C(=O)NCC21)C1CCCNC1. The summed E-state index contributed by atoms with van der Waals surface area (Å²) < 4.78 is 0. The first-order valence-corrected chi connectivity index (χ1v) is 8.31. The highest BCUT2D eigenvalue weighted by molar-refractivity contribution is 5.86. The molecule has 3 aliphatic rings. The van der Waals surface area contributed by atoms with Crippen LogP contribution in [0.5, 0.6) is 0 Å². The molecule has 2 amide bonds. The molecule has 0 saturated carbocycles. The van der Waals surface area contributed by atoms with E-state index in [1.165, 1.54) is 0 Å². The fraction of sp³-hybridized carbons (Fsp3) is 0.875. The van der Waals surface area contributed by atoms with Crippen molar-refractivity contribution in [2.75, 3.05) is 26.2 Å². The summed E-state index contributed by atoms with van der Waals surface area (Å²) >= 11 is 0. The number of nitrogens with zero attached hydrogens (tertiary/aromatic N) is 1. The predicted octanol–water partition coefficient (Wildman–Crippen LogP) is 0.749. The number of rotatable bonds is 2. The Morgan fingerprint density at radius 2 is 2.05 bits per heavy atom. The zero-order valence-corrected chi connectivity index (χ0v) is 13.2. The molecule has 3 rings (SSSR count). The van der Waals surface area contributed by atoms with Crippen molar-refractivity contribution in [3.8, 4) is 0 Å². The second kappa shape index (κ2) is 5.59. The molecule has 0 spiro atoms. The molecule has 0 radical (unpaired) electrons. The largest absolute Gasteiger partial charge is 0.354 e. The lowest BCUT2D eigenvalue weighted by molar-refractivity contribution is -0.149. The highest BCUT2D eigenvalue weighted by Gasteiger charge is 2.47. The van der Waals surface area contributed by atoms with Gasteiger partial charge < -0.3 is 15.5 Å². The molecular weight excluding hydrogens is 266 g/mol. The van der Waals surface area contributed by atoms with Crippen molar-refractivity contribution in [3.05, 3.63) is 0 Å². The van der Waals surface area contributed by atoms with Crippen molar-refractivity contribution in [3.63, 3.8) is 0 Å². The van der Waals surface area contributed by atoms with E-state index in [4.69, 9.17) is 0 Å². The Kier molecular flexibility index (Phi) is 3.95. The summed E-state index contributed by atoms with van der Waals surface area (Å²) in [5, 5.41) is 6.35. The van der Waals surface area contributed by atoms with E-state index in [2.05, 4.69) is 24.5 Å². The van der Waals surface area contributed by atoms with Crippen LogP contribution in [0, 0.1) is 17.3 Å². The van der Waals surface area contributed by atoms with E-state index in [1.54, 1.807) is 0 Å². The molecule has 0 aromatic carbocycles. The third kappa shape index (κ3) is 2.56. The summed E-state index contributed by atoms with van der Waals surface area (Å²) in [7, 11) is 0. The number of hydrogen-bond donors (Lipinski definition) is 2. The van der Waals surface area contributed by atoms with Gasteiger partial charge in [-0.3, -0.25) is 9.59 Å². The van der Waals surface area contributed by atoms with Gasteiger partial charge in [0.2, 0.25) is 11.8 Å². The molecule has 3 saturated heterocycles. The maximum absolute atomic E-state index is 13.1. The number of fused-ring (bicyclic) bond motifs is 1. The maximum Gasteiger partial charge on any atom is 0.228 e. The Balaban J connectivity index is 1.75. The van der Waals surface area contributed by atoms with Crippen LogP contribution in [0.25, 0.3) is 0 Å². The lowest BCUT2D eigenvalue weighted by Crippen LogP contribution is -2.55. The molecular formula is C16H27N3O2. The molecule has 3 atom stereocenters. The Morgan fingerprint density at radius 3 is 2.76 bits per heavy atom. The van der Waals surface area contributed by atoms with E-state index >= 15 is 0 Å². The molecule has 5 heteroatoms. The Hall–Kier alpha value is -1.10. The average Bonchev–Trinajstić information content (AvgIpc) is 2.89. The van der Waals surface area contributed by atoms with Crippen molar-refractivity contribution >= 4 is 11.8 Å². The summed E-state index contributed by atoms with van der Waals surface area (Å²) in [4.78, 5) is 27.0. The molecule has 0 aliphatic carbocycles. The van der Waals surface area contributed by atoms with Crippen LogP contribution >= 0.6 is 0 Å². The zero-order valence-electron chi connectivity index (χ0n) is 13.2. The summed E-state index contributed by atoms with van der Waals surface area (Å²) in [6.07, 6.45) is 4.13. The molecule has 5 nitrogen and oxygen atoms in total. The predicted molar refractivity (Wildman–Crippen MR) is 80.6 cm³/mol. The number of hydrogen-bond acceptors (Lipinski definition) is 3. The highest BCUT2D eigenvalue weighted by atomic mass is 16.2. The minimum Gasteiger partial charge on any atom is -0.354 e. The Morgan fingerprint density at radius 1 is 1.24 bits per heavy atom. The molecule has 3 heterocycles. The van der Waals surface area contributed by atoms with Gasteiger partial charge in [-0.25, -0.2) is 0 Å². The van der Waals surface area contributed by atoms with Crippen LogP contribution in [0.15, 0.2) is 0 Å². The minimum absolute atomic E-state index is 0.0166. The third-order valence-corrected chi connectivity index (χ3v) is 5.73. The number of likely N-dealkylation sites (tertiary alicyclic amines) is 1. The topological polar surface area (TPSA) is 61.4 Å². The molecule has 3 aliphatic heterocycles. The summed E-state index contributed by atoms with van der Waals surface area (Å²) in [5.41, 5.74) is -0.346. The second-order valence-corrected chi connectivity index (χ2v) is 7.32. The zero-order chi connectivity index (χ0) is 15.0. The van der Waals surface area contributed by atoms with Gasteiger partial charge in [-0.1, -0.05) is 13.8 Å².